The van der Waals surface area contributed by atoms with Crippen molar-refractivity contribution in [1.29, 1.82) is 0 Å². The molecular formula is C33H32N2O2S2. The highest BCUT2D eigenvalue weighted by atomic mass is 32.2. The monoisotopic (exact) mass is 552 g/mol. The number of nitrogens with zero attached hydrogens (tertiary/aromatic N) is 2. The number of thioether (sulfide) groups is 1. The van der Waals surface area contributed by atoms with Gasteiger partial charge in [0.15, 0.2) is 4.32 Å². The van der Waals surface area contributed by atoms with Gasteiger partial charge in [0.2, 0.25) is 0 Å². The fraction of sp³-hybridized carbons (Fsp3) is 0.273. The zero-order valence-electron chi connectivity index (χ0n) is 22.1. The Morgan fingerprint density at radius 3 is 2.44 bits per heavy atom. The van der Waals surface area contributed by atoms with Crippen molar-refractivity contribution in [2.75, 3.05) is 11.5 Å². The van der Waals surface area contributed by atoms with Crippen molar-refractivity contribution >= 4 is 56.9 Å². The number of fused-ring (bicyclic) bond motifs is 1. The number of anilines is 1. The molecule has 4 nitrogen and oxygen atoms in total. The molecule has 39 heavy (non-hydrogen) atoms. The molecule has 0 atom stereocenters. The van der Waals surface area contributed by atoms with Gasteiger partial charge in [-0.3, -0.25) is 9.69 Å². The predicted octanol–water partition coefficient (Wildman–Crippen LogP) is 8.48. The zero-order valence-corrected chi connectivity index (χ0v) is 23.8. The molecular weight excluding hydrogens is 521 g/mol. The Morgan fingerprint density at radius 1 is 0.949 bits per heavy atom. The number of para-hydroxylation sites is 2. The Balaban J connectivity index is 1.20. The molecule has 0 radical (unpaired) electrons. The second-order valence-corrected chi connectivity index (χ2v) is 11.9. The van der Waals surface area contributed by atoms with Crippen LogP contribution in [0.5, 0.6) is 5.75 Å². The van der Waals surface area contributed by atoms with E-state index >= 15 is 0 Å². The largest absolute Gasteiger partial charge is 0.492 e. The molecule has 1 aliphatic carbocycles. The van der Waals surface area contributed by atoms with Gasteiger partial charge in [-0.1, -0.05) is 91.8 Å². The Kier molecular flexibility index (Phi) is 7.58. The number of aromatic nitrogens is 1. The van der Waals surface area contributed by atoms with Crippen LogP contribution in [-0.4, -0.2) is 21.4 Å². The summed E-state index contributed by atoms with van der Waals surface area (Å²) in [4.78, 5) is 15.6. The molecule has 1 saturated carbocycles. The first-order chi connectivity index (χ1) is 19.1. The molecule has 6 heteroatoms. The van der Waals surface area contributed by atoms with Crippen molar-refractivity contribution in [3.63, 3.8) is 0 Å². The van der Waals surface area contributed by atoms with E-state index in [2.05, 4.69) is 54.0 Å². The summed E-state index contributed by atoms with van der Waals surface area (Å²) in [7, 11) is 0. The molecule has 1 saturated heterocycles. The first kappa shape index (κ1) is 25.9. The maximum Gasteiger partial charge on any atom is 0.270 e. The van der Waals surface area contributed by atoms with Gasteiger partial charge in [-0.05, 0) is 67.7 Å². The summed E-state index contributed by atoms with van der Waals surface area (Å²) in [6.07, 6.45) is 8.67. The minimum Gasteiger partial charge on any atom is -0.492 e. The number of ether oxygens (including phenoxy) is 1. The molecule has 0 unspecified atom stereocenters. The normalized spacial score (nSPS) is 17.5. The number of carbonyl (C=O) groups is 1. The van der Waals surface area contributed by atoms with Gasteiger partial charge in [-0.15, -0.1) is 0 Å². The molecule has 3 aromatic carbocycles. The lowest BCUT2D eigenvalue weighted by molar-refractivity contribution is -0.113. The third-order valence-electron chi connectivity index (χ3n) is 7.90. The molecule has 4 aromatic rings. The van der Waals surface area contributed by atoms with E-state index in [1.165, 1.54) is 49.4 Å². The van der Waals surface area contributed by atoms with Crippen molar-refractivity contribution in [3.8, 4) is 5.75 Å². The van der Waals surface area contributed by atoms with Crippen LogP contribution in [0.4, 0.5) is 5.69 Å². The summed E-state index contributed by atoms with van der Waals surface area (Å²) >= 11 is 6.94. The standard InChI is InChI=1S/C33H32N2O2S2/c1-23-29(22-31-32(36)35(33(38)39-31)26-12-6-3-7-13-26)28-14-8-9-15-30(28)34(23)20-21-37-27-18-16-25(17-19-27)24-10-4-2-5-11-24/h3,6-9,12-19,22,24H,2,4-5,10-11,20-21H2,1H3/b31-22-. The number of amides is 1. The van der Waals surface area contributed by atoms with E-state index in [0.717, 1.165) is 40.1 Å². The lowest BCUT2D eigenvalue weighted by Crippen LogP contribution is -2.27. The van der Waals surface area contributed by atoms with E-state index in [0.29, 0.717) is 21.8 Å². The molecule has 198 valence electrons. The highest BCUT2D eigenvalue weighted by Gasteiger charge is 2.33. The van der Waals surface area contributed by atoms with Gasteiger partial charge in [0.05, 0.1) is 17.1 Å². The molecule has 2 aliphatic rings. The van der Waals surface area contributed by atoms with Gasteiger partial charge in [0, 0.05) is 22.2 Å². The number of carbonyl (C=O) groups excluding carboxylic acids is 1. The van der Waals surface area contributed by atoms with Gasteiger partial charge in [0.1, 0.15) is 12.4 Å². The summed E-state index contributed by atoms with van der Waals surface area (Å²) < 4.78 is 9.02. The average molecular weight is 553 g/mol. The van der Waals surface area contributed by atoms with Crippen LogP contribution in [0, 0.1) is 6.92 Å². The van der Waals surface area contributed by atoms with Gasteiger partial charge in [-0.25, -0.2) is 0 Å². The van der Waals surface area contributed by atoms with Crippen LogP contribution in [0.2, 0.25) is 0 Å². The van der Waals surface area contributed by atoms with Crippen LogP contribution >= 0.6 is 24.0 Å². The van der Waals surface area contributed by atoms with Crippen LogP contribution in [0.3, 0.4) is 0 Å². The summed E-state index contributed by atoms with van der Waals surface area (Å²) in [6.45, 7) is 3.40. The van der Waals surface area contributed by atoms with Crippen molar-refractivity contribution < 1.29 is 9.53 Å². The Hall–Kier alpha value is -3.35. The number of hydrogen-bond donors (Lipinski definition) is 0. The number of thiocarbonyl (C=S) groups is 1. The minimum absolute atomic E-state index is 0.0764. The third-order valence-corrected chi connectivity index (χ3v) is 9.21. The topological polar surface area (TPSA) is 34.5 Å². The fourth-order valence-electron chi connectivity index (χ4n) is 5.85. The highest BCUT2D eigenvalue weighted by molar-refractivity contribution is 8.27. The fourth-order valence-corrected chi connectivity index (χ4v) is 7.13. The lowest BCUT2D eigenvalue weighted by Gasteiger charge is -2.22. The number of benzene rings is 3. The van der Waals surface area contributed by atoms with Gasteiger partial charge >= 0.3 is 0 Å². The molecule has 2 fully saturated rings. The number of rotatable bonds is 7. The maximum atomic E-state index is 13.4. The second-order valence-electron chi connectivity index (χ2n) is 10.3. The summed E-state index contributed by atoms with van der Waals surface area (Å²) in [5.74, 6) is 1.54. The molecule has 1 aliphatic heterocycles. The first-order valence-electron chi connectivity index (χ1n) is 13.7. The molecule has 1 amide bonds. The first-order valence-corrected chi connectivity index (χ1v) is 15.0. The number of hydrogen-bond acceptors (Lipinski definition) is 4. The highest BCUT2D eigenvalue weighted by Crippen LogP contribution is 2.38. The Morgan fingerprint density at radius 2 is 1.67 bits per heavy atom. The van der Waals surface area contributed by atoms with Crippen LogP contribution in [0.25, 0.3) is 17.0 Å². The summed E-state index contributed by atoms with van der Waals surface area (Å²) in [5, 5.41) is 1.12. The Bertz CT molecular complexity index is 1530. The van der Waals surface area contributed by atoms with E-state index in [1.54, 1.807) is 4.90 Å². The van der Waals surface area contributed by atoms with E-state index < -0.39 is 0 Å². The van der Waals surface area contributed by atoms with Crippen molar-refractivity contribution in [1.82, 2.24) is 4.57 Å². The van der Waals surface area contributed by atoms with Gasteiger partial charge in [-0.2, -0.15) is 0 Å². The van der Waals surface area contributed by atoms with Crippen molar-refractivity contribution in [2.24, 2.45) is 0 Å². The molecule has 1 aromatic heterocycles. The van der Waals surface area contributed by atoms with Crippen LogP contribution < -0.4 is 9.64 Å². The molecule has 0 bridgehead atoms. The van der Waals surface area contributed by atoms with E-state index in [9.17, 15) is 4.79 Å². The maximum absolute atomic E-state index is 13.4. The van der Waals surface area contributed by atoms with E-state index in [1.807, 2.05) is 42.5 Å². The van der Waals surface area contributed by atoms with Crippen molar-refractivity contribution in [3.05, 3.63) is 101 Å². The van der Waals surface area contributed by atoms with Crippen LogP contribution in [-0.2, 0) is 11.3 Å². The molecule has 0 spiro atoms. The SMILES string of the molecule is Cc1c(/C=C2\SC(=S)N(c3ccccc3)C2=O)c2ccccc2n1CCOc1ccc(C2CCCCC2)cc1. The smallest absolute Gasteiger partial charge is 0.270 e. The molecule has 6 rings (SSSR count). The second kappa shape index (κ2) is 11.4. The quantitative estimate of drug-likeness (QED) is 0.170. The van der Waals surface area contributed by atoms with Crippen molar-refractivity contribution in [2.45, 2.75) is 51.5 Å². The molecule has 0 N–H and O–H groups in total. The van der Waals surface area contributed by atoms with Gasteiger partial charge < -0.3 is 9.30 Å². The predicted molar refractivity (Wildman–Crippen MR) is 167 cm³/mol. The average Bonchev–Trinajstić information content (AvgIpc) is 3.41. The summed E-state index contributed by atoms with van der Waals surface area (Å²) in [5.41, 5.74) is 5.53. The molecule has 2 heterocycles. The van der Waals surface area contributed by atoms with Crippen LogP contribution in [0.1, 0.15) is 54.8 Å². The summed E-state index contributed by atoms with van der Waals surface area (Å²) in [6, 6.07) is 26.7. The van der Waals surface area contributed by atoms with Crippen LogP contribution in [0.15, 0.2) is 83.8 Å². The zero-order chi connectivity index (χ0) is 26.8. The Labute approximate surface area is 239 Å². The lowest BCUT2D eigenvalue weighted by atomic mass is 9.84. The van der Waals surface area contributed by atoms with E-state index in [-0.39, 0.29) is 5.91 Å². The van der Waals surface area contributed by atoms with Gasteiger partial charge in [0.25, 0.3) is 5.91 Å². The minimum atomic E-state index is -0.0764. The third kappa shape index (κ3) is 5.28. The van der Waals surface area contributed by atoms with E-state index in [4.69, 9.17) is 17.0 Å².